The Morgan fingerprint density at radius 2 is 2.00 bits per heavy atom. The second-order valence-electron chi connectivity index (χ2n) is 8.19. The van der Waals surface area contributed by atoms with Crippen LogP contribution in [0.4, 0.5) is 9.39 Å². The van der Waals surface area contributed by atoms with Gasteiger partial charge in [0.25, 0.3) is 0 Å². The van der Waals surface area contributed by atoms with Gasteiger partial charge in [-0.2, -0.15) is 0 Å². The standard InChI is InChI=1S/C27H24ClFN4O4S2/c1-4-11-33-22(13-37-21-10-7-18(28)12-16(21)2)31-32-27(33)39-15-23(34)30-25-24(26(35)36-3)20(14-38-25)17-5-8-19(29)9-6-17/h4-10,12,14H,1,11,13,15H2,2-3H3,(H,30,34). The fourth-order valence-corrected chi connectivity index (χ4v) is 5.62. The number of hydrogen-bond acceptors (Lipinski definition) is 8. The molecule has 0 fully saturated rings. The lowest BCUT2D eigenvalue weighted by molar-refractivity contribution is -0.113. The number of aryl methyl sites for hydroxylation is 1. The summed E-state index contributed by atoms with van der Waals surface area (Å²) in [5, 5.41) is 14.4. The molecule has 2 aromatic carbocycles. The summed E-state index contributed by atoms with van der Waals surface area (Å²) in [6.45, 7) is 6.28. The van der Waals surface area contributed by atoms with Crippen LogP contribution in [0.25, 0.3) is 11.1 Å². The van der Waals surface area contributed by atoms with Crippen molar-refractivity contribution in [3.63, 3.8) is 0 Å². The molecule has 0 aliphatic heterocycles. The van der Waals surface area contributed by atoms with Crippen molar-refractivity contribution in [1.82, 2.24) is 14.8 Å². The van der Waals surface area contributed by atoms with E-state index in [0.717, 1.165) is 5.56 Å². The minimum absolute atomic E-state index is 0.0107. The number of aromatic nitrogens is 3. The Morgan fingerprint density at radius 3 is 2.69 bits per heavy atom. The largest absolute Gasteiger partial charge is 0.485 e. The molecular weight excluding hydrogens is 563 g/mol. The summed E-state index contributed by atoms with van der Waals surface area (Å²) in [5.41, 5.74) is 2.27. The van der Waals surface area contributed by atoms with Crippen LogP contribution >= 0.6 is 34.7 Å². The number of hydrogen-bond donors (Lipinski definition) is 1. The summed E-state index contributed by atoms with van der Waals surface area (Å²) in [6, 6.07) is 11.1. The normalized spacial score (nSPS) is 10.8. The van der Waals surface area contributed by atoms with E-state index in [1.165, 1.54) is 42.3 Å². The smallest absolute Gasteiger partial charge is 0.341 e. The number of thioether (sulfide) groups is 1. The summed E-state index contributed by atoms with van der Waals surface area (Å²) in [4.78, 5) is 25.4. The van der Waals surface area contributed by atoms with Gasteiger partial charge < -0.3 is 14.8 Å². The van der Waals surface area contributed by atoms with Gasteiger partial charge in [-0.25, -0.2) is 9.18 Å². The molecule has 0 spiro atoms. The van der Waals surface area contributed by atoms with Crippen LogP contribution in [0.2, 0.25) is 5.02 Å². The summed E-state index contributed by atoms with van der Waals surface area (Å²) < 4.78 is 26.0. The van der Waals surface area contributed by atoms with Crippen LogP contribution in [-0.2, 0) is 22.7 Å². The van der Waals surface area contributed by atoms with E-state index in [4.69, 9.17) is 21.1 Å². The lowest BCUT2D eigenvalue weighted by Crippen LogP contribution is -2.16. The number of nitrogens with zero attached hydrogens (tertiary/aromatic N) is 3. The Morgan fingerprint density at radius 1 is 1.23 bits per heavy atom. The van der Waals surface area contributed by atoms with E-state index >= 15 is 0 Å². The minimum Gasteiger partial charge on any atom is -0.485 e. The van der Waals surface area contributed by atoms with Gasteiger partial charge in [0.1, 0.15) is 28.7 Å². The molecule has 0 saturated heterocycles. The van der Waals surface area contributed by atoms with E-state index in [2.05, 4.69) is 22.1 Å². The highest BCUT2D eigenvalue weighted by Gasteiger charge is 2.23. The predicted molar refractivity (Wildman–Crippen MR) is 151 cm³/mol. The van der Waals surface area contributed by atoms with Crippen LogP contribution in [0, 0.1) is 12.7 Å². The third kappa shape index (κ3) is 6.86. The molecule has 12 heteroatoms. The Labute approximate surface area is 237 Å². The lowest BCUT2D eigenvalue weighted by atomic mass is 10.0. The molecule has 8 nitrogen and oxygen atoms in total. The van der Waals surface area contributed by atoms with Gasteiger partial charge >= 0.3 is 5.97 Å². The molecule has 1 amide bonds. The average Bonchev–Trinajstić information content (AvgIpc) is 3.51. The molecule has 0 unspecified atom stereocenters. The number of methoxy groups -OCH3 is 1. The molecular formula is C27H24ClFN4O4S2. The van der Waals surface area contributed by atoms with Crippen molar-refractivity contribution in [2.45, 2.75) is 25.2 Å². The van der Waals surface area contributed by atoms with E-state index in [9.17, 15) is 14.0 Å². The number of allylic oxidation sites excluding steroid dienone is 1. The molecule has 4 rings (SSSR count). The molecule has 1 N–H and O–H groups in total. The van der Waals surface area contributed by atoms with Gasteiger partial charge in [0.2, 0.25) is 5.91 Å². The highest BCUT2D eigenvalue weighted by Crippen LogP contribution is 2.36. The Hall–Kier alpha value is -3.67. The van der Waals surface area contributed by atoms with Crippen molar-refractivity contribution in [2.75, 3.05) is 18.2 Å². The second-order valence-corrected chi connectivity index (χ2v) is 10.4. The number of ether oxygens (including phenoxy) is 2. The SMILES string of the molecule is C=CCn1c(COc2ccc(Cl)cc2C)nnc1SCC(=O)Nc1scc(-c2ccc(F)cc2)c1C(=O)OC. The van der Waals surface area contributed by atoms with E-state index in [-0.39, 0.29) is 23.8 Å². The summed E-state index contributed by atoms with van der Waals surface area (Å²) in [7, 11) is 1.26. The van der Waals surface area contributed by atoms with Crippen LogP contribution < -0.4 is 10.1 Å². The first-order valence-corrected chi connectivity index (χ1v) is 13.8. The fraction of sp³-hybridized carbons (Fsp3) is 0.185. The highest BCUT2D eigenvalue weighted by molar-refractivity contribution is 7.99. The van der Waals surface area contributed by atoms with Crippen molar-refractivity contribution < 1.29 is 23.5 Å². The second kappa shape index (κ2) is 12.9. The first-order chi connectivity index (χ1) is 18.8. The van der Waals surface area contributed by atoms with Crippen LogP contribution in [0.3, 0.4) is 0 Å². The van der Waals surface area contributed by atoms with Crippen molar-refractivity contribution in [3.8, 4) is 16.9 Å². The number of halogens is 2. The number of anilines is 1. The third-order valence-electron chi connectivity index (χ3n) is 5.52. The number of rotatable bonds is 11. The number of carbonyl (C=O) groups excluding carboxylic acids is 2. The maximum absolute atomic E-state index is 13.4. The van der Waals surface area contributed by atoms with Gasteiger partial charge in [0, 0.05) is 22.5 Å². The number of benzene rings is 2. The monoisotopic (exact) mass is 586 g/mol. The van der Waals surface area contributed by atoms with Gasteiger partial charge in [0.15, 0.2) is 11.0 Å². The molecule has 0 bridgehead atoms. The summed E-state index contributed by atoms with van der Waals surface area (Å²) in [5.74, 6) is -0.0825. The third-order valence-corrected chi connectivity index (χ3v) is 7.62. The highest BCUT2D eigenvalue weighted by atomic mass is 35.5. The number of nitrogens with one attached hydrogen (secondary N) is 1. The molecule has 4 aromatic rings. The van der Waals surface area contributed by atoms with E-state index in [1.807, 2.05) is 17.6 Å². The Balaban J connectivity index is 1.45. The molecule has 202 valence electrons. The van der Waals surface area contributed by atoms with E-state index in [1.54, 1.807) is 35.7 Å². The van der Waals surface area contributed by atoms with Crippen LogP contribution in [0.15, 0.2) is 65.7 Å². The molecule has 0 atom stereocenters. The zero-order valence-corrected chi connectivity index (χ0v) is 23.5. The van der Waals surface area contributed by atoms with E-state index in [0.29, 0.717) is 44.4 Å². The number of amides is 1. The quantitative estimate of drug-likeness (QED) is 0.124. The van der Waals surface area contributed by atoms with Crippen LogP contribution in [0.5, 0.6) is 5.75 Å². The van der Waals surface area contributed by atoms with Crippen LogP contribution in [0.1, 0.15) is 21.7 Å². The minimum atomic E-state index is -0.607. The molecule has 39 heavy (non-hydrogen) atoms. The van der Waals surface area contributed by atoms with E-state index < -0.39 is 11.8 Å². The Bertz CT molecular complexity index is 1500. The maximum Gasteiger partial charge on any atom is 0.341 e. The van der Waals surface area contributed by atoms with Gasteiger partial charge in [0.05, 0.1) is 12.9 Å². The predicted octanol–water partition coefficient (Wildman–Crippen LogP) is 6.39. The van der Waals surface area contributed by atoms with Crippen molar-refractivity contribution in [1.29, 1.82) is 0 Å². The zero-order chi connectivity index (χ0) is 27.9. The Kier molecular flexibility index (Phi) is 9.39. The molecule has 0 aliphatic rings. The lowest BCUT2D eigenvalue weighted by Gasteiger charge is -2.11. The molecule has 0 saturated carbocycles. The van der Waals surface area contributed by atoms with Gasteiger partial charge in [-0.15, -0.1) is 28.1 Å². The van der Waals surface area contributed by atoms with Crippen molar-refractivity contribution in [3.05, 3.63) is 88.3 Å². The number of thiophene rings is 1. The molecule has 0 aliphatic carbocycles. The maximum atomic E-state index is 13.4. The zero-order valence-electron chi connectivity index (χ0n) is 21.1. The summed E-state index contributed by atoms with van der Waals surface area (Å²) >= 11 is 8.39. The molecule has 0 radical (unpaired) electrons. The van der Waals surface area contributed by atoms with Crippen molar-refractivity contribution in [2.24, 2.45) is 0 Å². The van der Waals surface area contributed by atoms with Gasteiger partial charge in [-0.1, -0.05) is 41.6 Å². The summed E-state index contributed by atoms with van der Waals surface area (Å²) in [6.07, 6.45) is 1.70. The first kappa shape index (κ1) is 28.3. The topological polar surface area (TPSA) is 95.3 Å². The molecule has 2 aromatic heterocycles. The number of esters is 1. The fourth-order valence-electron chi connectivity index (χ4n) is 3.65. The van der Waals surface area contributed by atoms with Crippen LogP contribution in [-0.4, -0.2) is 39.5 Å². The number of carbonyl (C=O) groups is 2. The first-order valence-electron chi connectivity index (χ1n) is 11.6. The van der Waals surface area contributed by atoms with Crippen molar-refractivity contribution >= 4 is 51.6 Å². The average molecular weight is 587 g/mol. The van der Waals surface area contributed by atoms with Gasteiger partial charge in [-0.3, -0.25) is 9.36 Å². The molecule has 2 heterocycles. The van der Waals surface area contributed by atoms with Gasteiger partial charge in [-0.05, 0) is 48.4 Å².